The molecule has 0 radical (unpaired) electrons. The summed E-state index contributed by atoms with van der Waals surface area (Å²) in [5.41, 5.74) is 2.18. The van der Waals surface area contributed by atoms with Gasteiger partial charge < -0.3 is 4.90 Å². The van der Waals surface area contributed by atoms with Gasteiger partial charge >= 0.3 is 0 Å². The highest BCUT2D eigenvalue weighted by molar-refractivity contribution is 7.90. The summed E-state index contributed by atoms with van der Waals surface area (Å²) in [7, 11) is -1.20. The van der Waals surface area contributed by atoms with Crippen molar-refractivity contribution in [2.45, 2.75) is 24.8 Å². The summed E-state index contributed by atoms with van der Waals surface area (Å²) in [5.74, 6) is 1.60. The van der Waals surface area contributed by atoms with Crippen LogP contribution in [0.25, 0.3) is 20.7 Å². The molecule has 0 fully saturated rings. The number of rotatable bonds is 5. The van der Waals surface area contributed by atoms with Crippen LogP contribution in [-0.2, 0) is 9.84 Å². The number of thiophene rings is 1. The van der Waals surface area contributed by atoms with Gasteiger partial charge in [-0.1, -0.05) is 42.5 Å². The SMILES string of the molecule is Cc1nc(N(C)[C@H](C)c2ccc(S(C)(=O)=O)cc2)c2cc(-c3ccccc3)sc2n1. The van der Waals surface area contributed by atoms with Crippen LogP contribution in [0.3, 0.4) is 0 Å². The lowest BCUT2D eigenvalue weighted by Gasteiger charge is -2.27. The van der Waals surface area contributed by atoms with Crippen molar-refractivity contribution < 1.29 is 8.42 Å². The molecule has 7 heteroatoms. The molecule has 4 rings (SSSR count). The molecule has 0 saturated heterocycles. The summed E-state index contributed by atoms with van der Waals surface area (Å²) in [6.07, 6.45) is 1.22. The van der Waals surface area contributed by atoms with Crippen LogP contribution in [0.15, 0.2) is 65.6 Å². The van der Waals surface area contributed by atoms with E-state index in [1.807, 2.05) is 44.3 Å². The lowest BCUT2D eigenvalue weighted by Crippen LogP contribution is -2.23. The topological polar surface area (TPSA) is 63.2 Å². The first kappa shape index (κ1) is 20.5. The molecule has 1 atom stereocenters. The van der Waals surface area contributed by atoms with Gasteiger partial charge in [-0.25, -0.2) is 18.4 Å². The molecule has 0 aliphatic heterocycles. The van der Waals surface area contributed by atoms with Crippen LogP contribution in [0, 0.1) is 6.92 Å². The van der Waals surface area contributed by atoms with Gasteiger partial charge in [0.25, 0.3) is 0 Å². The third kappa shape index (κ3) is 3.95. The Balaban J connectivity index is 1.73. The van der Waals surface area contributed by atoms with Gasteiger partial charge in [0.1, 0.15) is 16.5 Å². The van der Waals surface area contributed by atoms with E-state index < -0.39 is 9.84 Å². The highest BCUT2D eigenvalue weighted by Crippen LogP contribution is 2.38. The van der Waals surface area contributed by atoms with Crippen molar-refractivity contribution in [3.8, 4) is 10.4 Å². The van der Waals surface area contributed by atoms with E-state index in [0.717, 1.165) is 37.9 Å². The number of benzene rings is 2. The molecule has 5 nitrogen and oxygen atoms in total. The van der Waals surface area contributed by atoms with Gasteiger partial charge in [-0.2, -0.15) is 0 Å². The van der Waals surface area contributed by atoms with Gasteiger partial charge in [0.2, 0.25) is 0 Å². The Morgan fingerprint density at radius 3 is 2.30 bits per heavy atom. The van der Waals surface area contributed by atoms with Crippen LogP contribution >= 0.6 is 11.3 Å². The van der Waals surface area contributed by atoms with Crippen molar-refractivity contribution in [3.63, 3.8) is 0 Å². The van der Waals surface area contributed by atoms with E-state index in [1.54, 1.807) is 23.5 Å². The van der Waals surface area contributed by atoms with Crippen LogP contribution in [0.2, 0.25) is 0 Å². The van der Waals surface area contributed by atoms with Crippen LogP contribution in [0.1, 0.15) is 24.4 Å². The van der Waals surface area contributed by atoms with Gasteiger partial charge in [0.05, 0.1) is 16.3 Å². The molecule has 30 heavy (non-hydrogen) atoms. The van der Waals surface area contributed by atoms with E-state index in [-0.39, 0.29) is 6.04 Å². The highest BCUT2D eigenvalue weighted by Gasteiger charge is 2.20. The van der Waals surface area contributed by atoms with Gasteiger partial charge in [-0.05, 0) is 43.2 Å². The first-order valence-electron chi connectivity index (χ1n) is 9.60. The first-order valence-corrected chi connectivity index (χ1v) is 12.3. The molecule has 0 bridgehead atoms. The number of nitrogens with zero attached hydrogens (tertiary/aromatic N) is 3. The Labute approximate surface area is 181 Å². The number of anilines is 1. The fraction of sp³-hybridized carbons (Fsp3) is 0.217. The first-order chi connectivity index (χ1) is 14.2. The Morgan fingerprint density at radius 2 is 1.67 bits per heavy atom. The van der Waals surface area contributed by atoms with Crippen LogP contribution < -0.4 is 4.90 Å². The Kier molecular flexibility index (Phi) is 5.34. The lowest BCUT2D eigenvalue weighted by atomic mass is 10.1. The second-order valence-corrected chi connectivity index (χ2v) is 10.5. The molecule has 2 aromatic carbocycles. The average molecular weight is 438 g/mol. The molecule has 0 aliphatic carbocycles. The minimum absolute atomic E-state index is 0.0104. The predicted octanol–water partition coefficient (Wildman–Crippen LogP) is 5.27. The molecular formula is C23H23N3O2S2. The van der Waals surface area contributed by atoms with E-state index in [4.69, 9.17) is 4.98 Å². The third-order valence-electron chi connectivity index (χ3n) is 5.25. The Bertz CT molecular complexity index is 1300. The molecule has 0 aliphatic rings. The quantitative estimate of drug-likeness (QED) is 0.426. The van der Waals surface area contributed by atoms with E-state index in [0.29, 0.717) is 4.90 Å². The maximum atomic E-state index is 11.7. The number of hydrogen-bond acceptors (Lipinski definition) is 6. The number of sulfone groups is 1. The molecule has 0 unspecified atom stereocenters. The third-order valence-corrected chi connectivity index (χ3v) is 7.45. The lowest BCUT2D eigenvalue weighted by molar-refractivity contribution is 0.601. The summed E-state index contributed by atoms with van der Waals surface area (Å²) in [4.78, 5) is 14.0. The van der Waals surface area contributed by atoms with E-state index in [1.165, 1.54) is 6.26 Å². The van der Waals surface area contributed by atoms with Crippen molar-refractivity contribution in [2.24, 2.45) is 0 Å². The Morgan fingerprint density at radius 1 is 1.00 bits per heavy atom. The molecule has 0 saturated carbocycles. The largest absolute Gasteiger partial charge is 0.352 e. The van der Waals surface area contributed by atoms with Gasteiger partial charge in [-0.3, -0.25) is 0 Å². The molecule has 0 amide bonds. The zero-order valence-corrected chi connectivity index (χ0v) is 19.0. The normalized spacial score (nSPS) is 12.8. The number of hydrogen-bond donors (Lipinski definition) is 0. The summed E-state index contributed by atoms with van der Waals surface area (Å²) < 4.78 is 23.5. The van der Waals surface area contributed by atoms with Crippen molar-refractivity contribution >= 4 is 37.2 Å². The van der Waals surface area contributed by atoms with E-state index >= 15 is 0 Å². The molecule has 2 aromatic heterocycles. The molecular weight excluding hydrogens is 414 g/mol. The minimum Gasteiger partial charge on any atom is -0.352 e. The smallest absolute Gasteiger partial charge is 0.175 e. The molecule has 0 spiro atoms. The van der Waals surface area contributed by atoms with E-state index in [2.05, 4.69) is 35.0 Å². The van der Waals surface area contributed by atoms with Crippen LogP contribution in [0.4, 0.5) is 5.82 Å². The molecule has 0 N–H and O–H groups in total. The molecule has 4 aromatic rings. The summed E-state index contributed by atoms with van der Waals surface area (Å²) in [6, 6.07) is 19.5. The maximum absolute atomic E-state index is 11.7. The standard InChI is InChI=1S/C23H23N3O2S2/c1-15(17-10-12-19(13-11-17)30(4,27)28)26(3)22-20-14-21(18-8-6-5-7-9-18)29-23(20)25-16(2)24-22/h5-15H,1-4H3/t15-/m1/s1. The number of fused-ring (bicyclic) bond motifs is 1. The maximum Gasteiger partial charge on any atom is 0.175 e. The zero-order valence-electron chi connectivity index (χ0n) is 17.3. The van der Waals surface area contributed by atoms with Crippen molar-refractivity contribution in [3.05, 3.63) is 72.1 Å². The minimum atomic E-state index is -3.21. The molecule has 2 heterocycles. The fourth-order valence-electron chi connectivity index (χ4n) is 3.42. The van der Waals surface area contributed by atoms with Crippen molar-refractivity contribution in [2.75, 3.05) is 18.2 Å². The van der Waals surface area contributed by atoms with Gasteiger partial charge in [0, 0.05) is 18.2 Å². The predicted molar refractivity (Wildman–Crippen MR) is 124 cm³/mol. The second-order valence-electron chi connectivity index (χ2n) is 7.42. The van der Waals surface area contributed by atoms with E-state index in [9.17, 15) is 8.42 Å². The zero-order chi connectivity index (χ0) is 21.5. The van der Waals surface area contributed by atoms with Crippen LogP contribution in [-0.4, -0.2) is 31.7 Å². The average Bonchev–Trinajstić information content (AvgIpc) is 3.16. The number of aryl methyl sites for hydroxylation is 1. The fourth-order valence-corrected chi connectivity index (χ4v) is 5.13. The van der Waals surface area contributed by atoms with Crippen molar-refractivity contribution in [1.29, 1.82) is 0 Å². The summed E-state index contributed by atoms with van der Waals surface area (Å²) in [6.45, 7) is 3.99. The van der Waals surface area contributed by atoms with Gasteiger partial charge in [0.15, 0.2) is 9.84 Å². The van der Waals surface area contributed by atoms with Crippen molar-refractivity contribution in [1.82, 2.24) is 9.97 Å². The monoisotopic (exact) mass is 437 g/mol. The highest BCUT2D eigenvalue weighted by atomic mass is 32.2. The summed E-state index contributed by atoms with van der Waals surface area (Å²) >= 11 is 1.66. The molecule has 154 valence electrons. The summed E-state index contributed by atoms with van der Waals surface area (Å²) in [5, 5.41) is 1.02. The Hall–Kier alpha value is -2.77. The van der Waals surface area contributed by atoms with Gasteiger partial charge in [-0.15, -0.1) is 11.3 Å². The number of aromatic nitrogens is 2. The second kappa shape index (κ2) is 7.81. The van der Waals surface area contributed by atoms with Crippen LogP contribution in [0.5, 0.6) is 0 Å².